The summed E-state index contributed by atoms with van der Waals surface area (Å²) >= 11 is 6.78. The zero-order chi connectivity index (χ0) is 17.1. The van der Waals surface area contributed by atoms with Crippen molar-refractivity contribution in [2.24, 2.45) is 0 Å². The number of carbonyl (C=O) groups is 1. The smallest absolute Gasteiger partial charge is 0.266 e. The molecule has 0 bridgehead atoms. The Hall–Kier alpha value is -2.11. The molecule has 1 atom stereocenters. The Morgan fingerprint density at radius 2 is 1.92 bits per heavy atom. The minimum absolute atomic E-state index is 0.0517. The largest absolute Gasteiger partial charge is 0.497 e. The van der Waals surface area contributed by atoms with Crippen LogP contribution in [0, 0.1) is 0 Å². The van der Waals surface area contributed by atoms with Crippen LogP contribution in [-0.2, 0) is 4.79 Å². The lowest BCUT2D eigenvalue weighted by atomic mass is 10.1. The van der Waals surface area contributed by atoms with Gasteiger partial charge in [0.05, 0.1) is 18.1 Å². The van der Waals surface area contributed by atoms with E-state index in [0.29, 0.717) is 9.23 Å². The van der Waals surface area contributed by atoms with E-state index in [9.17, 15) is 4.79 Å². The van der Waals surface area contributed by atoms with Gasteiger partial charge in [-0.05, 0) is 36.3 Å². The second kappa shape index (κ2) is 7.20. The van der Waals surface area contributed by atoms with Crippen molar-refractivity contribution in [1.82, 2.24) is 4.90 Å². The lowest BCUT2D eigenvalue weighted by Gasteiger charge is -2.23. The van der Waals surface area contributed by atoms with Crippen LogP contribution in [-0.4, -0.2) is 22.2 Å². The summed E-state index contributed by atoms with van der Waals surface area (Å²) in [6.45, 7) is 1.99. The zero-order valence-electron chi connectivity index (χ0n) is 13.4. The van der Waals surface area contributed by atoms with Gasteiger partial charge in [0.25, 0.3) is 5.91 Å². The van der Waals surface area contributed by atoms with Crippen molar-refractivity contribution < 1.29 is 9.53 Å². The van der Waals surface area contributed by atoms with Gasteiger partial charge in [-0.3, -0.25) is 9.69 Å². The van der Waals surface area contributed by atoms with Crippen LogP contribution < -0.4 is 4.74 Å². The van der Waals surface area contributed by atoms with E-state index in [-0.39, 0.29) is 11.9 Å². The molecule has 0 N–H and O–H groups in total. The average Bonchev–Trinajstić information content (AvgIpc) is 2.89. The lowest BCUT2D eigenvalue weighted by Crippen LogP contribution is -2.30. The van der Waals surface area contributed by atoms with Crippen LogP contribution >= 0.6 is 24.0 Å². The zero-order valence-corrected chi connectivity index (χ0v) is 15.1. The fourth-order valence-electron chi connectivity index (χ4n) is 2.58. The van der Waals surface area contributed by atoms with E-state index < -0.39 is 0 Å². The standard InChI is InChI=1S/C19H17NO2S2/c1-13(15-8-4-3-5-9-15)20-18(21)17(24-19(20)23)12-14-7-6-10-16(11-14)22-2/h3-13H,1-2H3/b17-12-. The predicted octanol–water partition coefficient (Wildman–Crippen LogP) is 4.66. The first-order chi connectivity index (χ1) is 11.6. The van der Waals surface area contributed by atoms with Gasteiger partial charge in [-0.15, -0.1) is 0 Å². The number of rotatable bonds is 4. The van der Waals surface area contributed by atoms with E-state index in [1.807, 2.05) is 67.6 Å². The number of thioether (sulfide) groups is 1. The normalized spacial score (nSPS) is 17.4. The summed E-state index contributed by atoms with van der Waals surface area (Å²) in [6, 6.07) is 17.4. The molecular weight excluding hydrogens is 338 g/mol. The third-order valence-corrected chi connectivity index (χ3v) is 5.21. The summed E-state index contributed by atoms with van der Waals surface area (Å²) in [4.78, 5) is 15.1. The average molecular weight is 355 g/mol. The Morgan fingerprint density at radius 3 is 2.62 bits per heavy atom. The van der Waals surface area contributed by atoms with Gasteiger partial charge in [-0.2, -0.15) is 0 Å². The SMILES string of the molecule is COc1cccc(/C=C2\SC(=S)N(C(C)c3ccccc3)C2=O)c1. The molecule has 0 radical (unpaired) electrons. The van der Waals surface area contributed by atoms with Crippen molar-refractivity contribution in [2.45, 2.75) is 13.0 Å². The van der Waals surface area contributed by atoms with E-state index >= 15 is 0 Å². The molecule has 2 aromatic rings. The van der Waals surface area contributed by atoms with Crippen molar-refractivity contribution >= 4 is 40.3 Å². The molecule has 0 aliphatic carbocycles. The second-order valence-electron chi connectivity index (χ2n) is 5.41. The lowest BCUT2D eigenvalue weighted by molar-refractivity contribution is -0.123. The number of amides is 1. The molecule has 1 aliphatic heterocycles. The van der Waals surface area contributed by atoms with Gasteiger partial charge < -0.3 is 4.74 Å². The number of benzene rings is 2. The molecule has 24 heavy (non-hydrogen) atoms. The molecule has 5 heteroatoms. The summed E-state index contributed by atoms with van der Waals surface area (Å²) < 4.78 is 5.82. The fourth-order valence-corrected chi connectivity index (χ4v) is 4.00. The molecule has 1 aliphatic rings. The maximum absolute atomic E-state index is 12.8. The molecule has 122 valence electrons. The van der Waals surface area contributed by atoms with Gasteiger partial charge in [0.2, 0.25) is 0 Å². The Labute approximate surface area is 151 Å². The summed E-state index contributed by atoms with van der Waals surface area (Å²) in [7, 11) is 1.63. The summed E-state index contributed by atoms with van der Waals surface area (Å²) in [5.74, 6) is 0.709. The highest BCUT2D eigenvalue weighted by atomic mass is 32.2. The number of hydrogen-bond acceptors (Lipinski definition) is 4. The molecular formula is C19H17NO2S2. The maximum atomic E-state index is 12.8. The van der Waals surface area contributed by atoms with Gasteiger partial charge in [-0.1, -0.05) is 66.4 Å². The van der Waals surface area contributed by atoms with Crippen LogP contribution in [0.4, 0.5) is 0 Å². The number of carbonyl (C=O) groups excluding carboxylic acids is 1. The van der Waals surface area contributed by atoms with Crippen LogP contribution in [0.25, 0.3) is 6.08 Å². The third-order valence-electron chi connectivity index (χ3n) is 3.88. The molecule has 1 fully saturated rings. The van der Waals surface area contributed by atoms with Gasteiger partial charge in [0, 0.05) is 0 Å². The molecule has 0 spiro atoms. The predicted molar refractivity (Wildman–Crippen MR) is 103 cm³/mol. The van der Waals surface area contributed by atoms with E-state index in [4.69, 9.17) is 17.0 Å². The first-order valence-electron chi connectivity index (χ1n) is 7.56. The minimum Gasteiger partial charge on any atom is -0.497 e. The van der Waals surface area contributed by atoms with Crippen LogP contribution in [0.5, 0.6) is 5.75 Å². The fraction of sp³-hybridized carbons (Fsp3) is 0.158. The first kappa shape index (κ1) is 16.7. The molecule has 1 amide bonds. The van der Waals surface area contributed by atoms with Gasteiger partial charge >= 0.3 is 0 Å². The minimum atomic E-state index is -0.0880. The van der Waals surface area contributed by atoms with Crippen molar-refractivity contribution in [1.29, 1.82) is 0 Å². The van der Waals surface area contributed by atoms with Crippen LogP contribution in [0.3, 0.4) is 0 Å². The number of nitrogens with zero attached hydrogens (tertiary/aromatic N) is 1. The molecule has 0 saturated carbocycles. The van der Waals surface area contributed by atoms with Crippen LogP contribution in [0.2, 0.25) is 0 Å². The highest BCUT2D eigenvalue weighted by molar-refractivity contribution is 8.26. The molecule has 1 unspecified atom stereocenters. The highest BCUT2D eigenvalue weighted by Crippen LogP contribution is 2.38. The van der Waals surface area contributed by atoms with Crippen LogP contribution in [0.15, 0.2) is 59.5 Å². The Bertz CT molecular complexity index is 802. The maximum Gasteiger partial charge on any atom is 0.266 e. The quantitative estimate of drug-likeness (QED) is 0.589. The number of hydrogen-bond donors (Lipinski definition) is 0. The van der Waals surface area contributed by atoms with E-state index in [0.717, 1.165) is 16.9 Å². The number of ether oxygens (including phenoxy) is 1. The highest BCUT2D eigenvalue weighted by Gasteiger charge is 2.35. The molecule has 2 aromatic carbocycles. The van der Waals surface area contributed by atoms with Crippen LogP contribution in [0.1, 0.15) is 24.1 Å². The van der Waals surface area contributed by atoms with Crippen molar-refractivity contribution in [2.75, 3.05) is 7.11 Å². The van der Waals surface area contributed by atoms with Crippen molar-refractivity contribution in [3.8, 4) is 5.75 Å². The molecule has 3 rings (SSSR count). The van der Waals surface area contributed by atoms with Crippen molar-refractivity contribution in [3.63, 3.8) is 0 Å². The third kappa shape index (κ3) is 3.37. The Morgan fingerprint density at radius 1 is 1.17 bits per heavy atom. The van der Waals surface area contributed by atoms with E-state index in [1.54, 1.807) is 12.0 Å². The summed E-state index contributed by atoms with van der Waals surface area (Å²) in [5, 5.41) is 0. The molecule has 0 aromatic heterocycles. The van der Waals surface area contributed by atoms with Gasteiger partial charge in [0.1, 0.15) is 10.1 Å². The van der Waals surface area contributed by atoms with E-state index in [1.165, 1.54) is 11.8 Å². The van der Waals surface area contributed by atoms with E-state index in [2.05, 4.69) is 0 Å². The Balaban J connectivity index is 1.87. The summed E-state index contributed by atoms with van der Waals surface area (Å²) in [5.41, 5.74) is 1.98. The van der Waals surface area contributed by atoms with Gasteiger partial charge in [-0.25, -0.2) is 0 Å². The number of methoxy groups -OCH3 is 1. The Kier molecular flexibility index (Phi) is 5.02. The van der Waals surface area contributed by atoms with Gasteiger partial charge in [0.15, 0.2) is 0 Å². The molecule has 1 heterocycles. The molecule has 1 saturated heterocycles. The topological polar surface area (TPSA) is 29.5 Å². The van der Waals surface area contributed by atoms with Crippen molar-refractivity contribution in [3.05, 3.63) is 70.6 Å². The monoisotopic (exact) mass is 355 g/mol. The molecule has 3 nitrogen and oxygen atoms in total. The second-order valence-corrected chi connectivity index (χ2v) is 7.09. The summed E-state index contributed by atoms with van der Waals surface area (Å²) in [6.07, 6.45) is 1.86. The number of thiocarbonyl (C=S) groups is 1. The first-order valence-corrected chi connectivity index (χ1v) is 8.78.